The van der Waals surface area contributed by atoms with Crippen LogP contribution in [0.15, 0.2) is 11.1 Å². The molecule has 17 heavy (non-hydrogen) atoms. The molecule has 5 heteroatoms. The average molecular weight is 254 g/mol. The molecule has 0 bridgehead atoms. The van der Waals surface area contributed by atoms with Crippen LogP contribution < -0.4 is 9.47 Å². The molecule has 0 unspecified atom stereocenters. The first-order chi connectivity index (χ1) is 8.24. The lowest BCUT2D eigenvalue weighted by Crippen LogP contribution is -1.99. The Morgan fingerprint density at radius 2 is 2.24 bits per heavy atom. The van der Waals surface area contributed by atoms with Crippen molar-refractivity contribution in [3.8, 4) is 11.5 Å². The summed E-state index contributed by atoms with van der Waals surface area (Å²) in [4.78, 5) is 13.7. The Bertz CT molecular complexity index is 481. The summed E-state index contributed by atoms with van der Waals surface area (Å²) in [5.74, 6) is 1.35. The Balaban J connectivity index is 2.48. The third-order valence-electron chi connectivity index (χ3n) is 2.66. The zero-order valence-corrected chi connectivity index (χ0v) is 10.2. The summed E-state index contributed by atoms with van der Waals surface area (Å²) >= 11 is 6.13. The van der Waals surface area contributed by atoms with E-state index in [0.29, 0.717) is 29.7 Å². The number of isocyanates is 1. The molecular formula is C12H12ClNO3. The fraction of sp³-hybridized carbons (Fsp3) is 0.417. The van der Waals surface area contributed by atoms with Crippen molar-refractivity contribution >= 4 is 17.7 Å². The molecule has 0 aromatic heterocycles. The highest BCUT2D eigenvalue weighted by Gasteiger charge is 2.18. The number of fused-ring (bicyclic) bond motifs is 1. The van der Waals surface area contributed by atoms with E-state index in [1.165, 1.54) is 6.08 Å². The van der Waals surface area contributed by atoms with E-state index in [0.717, 1.165) is 17.5 Å². The SMILES string of the molecule is Cc1c(CN=C=O)c(Cl)cc2c1OCCCO2. The van der Waals surface area contributed by atoms with Gasteiger partial charge in [0, 0.05) is 23.1 Å². The summed E-state index contributed by atoms with van der Waals surface area (Å²) in [7, 11) is 0. The maximum absolute atomic E-state index is 10.2. The quantitative estimate of drug-likeness (QED) is 0.601. The van der Waals surface area contributed by atoms with E-state index in [9.17, 15) is 4.79 Å². The van der Waals surface area contributed by atoms with Crippen LogP contribution in [-0.2, 0) is 11.3 Å². The smallest absolute Gasteiger partial charge is 0.235 e. The largest absolute Gasteiger partial charge is 0.489 e. The molecule has 0 radical (unpaired) electrons. The van der Waals surface area contributed by atoms with Crippen molar-refractivity contribution in [2.45, 2.75) is 19.9 Å². The van der Waals surface area contributed by atoms with Crippen molar-refractivity contribution < 1.29 is 14.3 Å². The van der Waals surface area contributed by atoms with E-state index in [1.54, 1.807) is 6.07 Å². The summed E-state index contributed by atoms with van der Waals surface area (Å²) in [6.45, 7) is 3.33. The average Bonchev–Trinajstić information content (AvgIpc) is 2.54. The van der Waals surface area contributed by atoms with Crippen molar-refractivity contribution in [3.63, 3.8) is 0 Å². The van der Waals surface area contributed by atoms with Crippen LogP contribution in [0.4, 0.5) is 0 Å². The van der Waals surface area contributed by atoms with Gasteiger partial charge in [-0.3, -0.25) is 0 Å². The molecule has 0 aliphatic carbocycles. The number of hydrogen-bond donors (Lipinski definition) is 0. The predicted molar refractivity (Wildman–Crippen MR) is 63.6 cm³/mol. The predicted octanol–water partition coefficient (Wildman–Crippen LogP) is 2.65. The highest BCUT2D eigenvalue weighted by atomic mass is 35.5. The topological polar surface area (TPSA) is 47.9 Å². The van der Waals surface area contributed by atoms with Gasteiger partial charge in [-0.1, -0.05) is 11.6 Å². The summed E-state index contributed by atoms with van der Waals surface area (Å²) < 4.78 is 11.2. The fourth-order valence-electron chi connectivity index (χ4n) is 1.78. The van der Waals surface area contributed by atoms with E-state index in [4.69, 9.17) is 21.1 Å². The van der Waals surface area contributed by atoms with Gasteiger partial charge in [-0.2, -0.15) is 0 Å². The molecule has 0 fully saturated rings. The molecule has 1 aromatic carbocycles. The van der Waals surface area contributed by atoms with Crippen molar-refractivity contribution in [1.82, 2.24) is 0 Å². The maximum Gasteiger partial charge on any atom is 0.235 e. The molecule has 0 saturated heterocycles. The van der Waals surface area contributed by atoms with Crippen LogP contribution in [0.5, 0.6) is 11.5 Å². The molecular weight excluding hydrogens is 242 g/mol. The van der Waals surface area contributed by atoms with Gasteiger partial charge in [0.1, 0.15) is 0 Å². The van der Waals surface area contributed by atoms with Gasteiger partial charge in [0.15, 0.2) is 11.5 Å². The lowest BCUT2D eigenvalue weighted by molar-refractivity contribution is 0.296. The van der Waals surface area contributed by atoms with Gasteiger partial charge in [0.25, 0.3) is 0 Å². The number of carbonyl (C=O) groups excluding carboxylic acids is 1. The molecule has 0 saturated carbocycles. The van der Waals surface area contributed by atoms with Gasteiger partial charge in [-0.25, -0.2) is 9.79 Å². The highest BCUT2D eigenvalue weighted by molar-refractivity contribution is 6.31. The van der Waals surface area contributed by atoms with Crippen molar-refractivity contribution in [2.24, 2.45) is 4.99 Å². The maximum atomic E-state index is 10.2. The fourth-order valence-corrected chi connectivity index (χ4v) is 2.08. The molecule has 0 atom stereocenters. The second-order valence-electron chi connectivity index (χ2n) is 3.75. The Kier molecular flexibility index (Phi) is 3.67. The molecule has 4 nitrogen and oxygen atoms in total. The van der Waals surface area contributed by atoms with Crippen LogP contribution in [0.25, 0.3) is 0 Å². The van der Waals surface area contributed by atoms with E-state index in [2.05, 4.69) is 4.99 Å². The molecule has 0 spiro atoms. The van der Waals surface area contributed by atoms with Gasteiger partial charge >= 0.3 is 0 Å². The van der Waals surface area contributed by atoms with Gasteiger partial charge in [0.05, 0.1) is 19.8 Å². The second-order valence-corrected chi connectivity index (χ2v) is 4.15. The van der Waals surface area contributed by atoms with E-state index in [-0.39, 0.29) is 6.54 Å². The summed E-state index contributed by atoms with van der Waals surface area (Å²) in [5, 5.41) is 0.533. The van der Waals surface area contributed by atoms with Crippen LogP contribution in [0.2, 0.25) is 5.02 Å². The van der Waals surface area contributed by atoms with Crippen LogP contribution in [0, 0.1) is 6.92 Å². The standard InChI is InChI=1S/C12H12ClNO3/c1-8-9(6-14-7-15)10(13)5-11-12(8)17-4-2-3-16-11/h5H,2-4,6H2,1H3. The number of halogens is 1. The molecule has 0 amide bonds. The van der Waals surface area contributed by atoms with Crippen LogP contribution >= 0.6 is 11.6 Å². The van der Waals surface area contributed by atoms with Gasteiger partial charge in [-0.05, 0) is 12.5 Å². The first-order valence-corrected chi connectivity index (χ1v) is 5.73. The van der Waals surface area contributed by atoms with Crippen molar-refractivity contribution in [3.05, 3.63) is 22.2 Å². The minimum absolute atomic E-state index is 0.213. The minimum atomic E-state index is 0.213. The third kappa shape index (κ3) is 2.43. The Morgan fingerprint density at radius 3 is 3.00 bits per heavy atom. The molecule has 0 N–H and O–H groups in total. The lowest BCUT2D eigenvalue weighted by Gasteiger charge is -2.14. The first kappa shape index (κ1) is 12.0. The molecule has 1 aliphatic heterocycles. The Hall–Kier alpha value is -1.51. The van der Waals surface area contributed by atoms with Crippen molar-refractivity contribution in [1.29, 1.82) is 0 Å². The normalized spacial score (nSPS) is 13.8. The molecule has 1 aliphatic rings. The summed E-state index contributed by atoms with van der Waals surface area (Å²) in [6, 6.07) is 1.71. The van der Waals surface area contributed by atoms with Crippen LogP contribution in [0.1, 0.15) is 17.5 Å². The van der Waals surface area contributed by atoms with E-state index >= 15 is 0 Å². The van der Waals surface area contributed by atoms with Crippen LogP contribution in [-0.4, -0.2) is 19.3 Å². The first-order valence-electron chi connectivity index (χ1n) is 5.35. The number of hydrogen-bond acceptors (Lipinski definition) is 4. The number of aliphatic imine (C=N–C) groups is 1. The second kappa shape index (κ2) is 5.21. The van der Waals surface area contributed by atoms with Crippen LogP contribution in [0.3, 0.4) is 0 Å². The molecule has 2 rings (SSSR count). The zero-order chi connectivity index (χ0) is 12.3. The third-order valence-corrected chi connectivity index (χ3v) is 2.99. The number of benzene rings is 1. The number of nitrogens with zero attached hydrogens (tertiary/aromatic N) is 1. The zero-order valence-electron chi connectivity index (χ0n) is 9.46. The monoisotopic (exact) mass is 253 g/mol. The summed E-state index contributed by atoms with van der Waals surface area (Å²) in [5.41, 5.74) is 1.65. The highest BCUT2D eigenvalue weighted by Crippen LogP contribution is 2.39. The molecule has 1 heterocycles. The number of rotatable bonds is 2. The van der Waals surface area contributed by atoms with E-state index < -0.39 is 0 Å². The molecule has 1 aromatic rings. The minimum Gasteiger partial charge on any atom is -0.489 e. The Morgan fingerprint density at radius 1 is 1.47 bits per heavy atom. The van der Waals surface area contributed by atoms with Crippen molar-refractivity contribution in [2.75, 3.05) is 13.2 Å². The van der Waals surface area contributed by atoms with Gasteiger partial charge in [-0.15, -0.1) is 0 Å². The van der Waals surface area contributed by atoms with Gasteiger partial charge < -0.3 is 9.47 Å². The molecule has 90 valence electrons. The summed E-state index contributed by atoms with van der Waals surface area (Å²) in [6.07, 6.45) is 2.35. The van der Waals surface area contributed by atoms with E-state index in [1.807, 2.05) is 6.92 Å². The van der Waals surface area contributed by atoms with Gasteiger partial charge in [0.2, 0.25) is 6.08 Å². The number of ether oxygens (including phenoxy) is 2. The lowest BCUT2D eigenvalue weighted by atomic mass is 10.1. The Labute approximate surface area is 104 Å².